The van der Waals surface area contributed by atoms with E-state index < -0.39 is 5.54 Å². The zero-order valence-electron chi connectivity index (χ0n) is 18.4. The SMILES string of the molecule is CCCCC1(CCCC)N=C(N)N(CCCCC(=O)Cc2cccc(C)c2)C1=O. The van der Waals surface area contributed by atoms with Gasteiger partial charge < -0.3 is 5.73 Å². The van der Waals surface area contributed by atoms with E-state index in [9.17, 15) is 9.59 Å². The second-order valence-electron chi connectivity index (χ2n) is 8.33. The highest BCUT2D eigenvalue weighted by Crippen LogP contribution is 2.33. The summed E-state index contributed by atoms with van der Waals surface area (Å²) in [5, 5.41) is 0. The Morgan fingerprint density at radius 2 is 1.79 bits per heavy atom. The number of Topliss-reactive ketones (excluding diaryl/α,β-unsaturated/α-hetero) is 1. The maximum atomic E-state index is 13.1. The Hall–Kier alpha value is -2.17. The Bertz CT molecular complexity index is 719. The van der Waals surface area contributed by atoms with E-state index in [1.54, 1.807) is 4.90 Å². The van der Waals surface area contributed by atoms with Gasteiger partial charge in [-0.2, -0.15) is 0 Å². The van der Waals surface area contributed by atoms with Crippen molar-refractivity contribution in [2.75, 3.05) is 6.54 Å². The van der Waals surface area contributed by atoms with Gasteiger partial charge in [-0.25, -0.2) is 4.99 Å². The number of nitrogens with zero attached hydrogens (tertiary/aromatic N) is 2. The number of nitrogens with two attached hydrogens (primary N) is 1. The molecule has 0 radical (unpaired) electrons. The molecule has 2 N–H and O–H groups in total. The summed E-state index contributed by atoms with van der Waals surface area (Å²) in [5.74, 6) is 0.654. The number of hydrogen-bond acceptors (Lipinski definition) is 4. The number of guanidine groups is 1. The highest BCUT2D eigenvalue weighted by molar-refractivity contribution is 6.06. The molecule has 0 atom stereocenters. The quantitative estimate of drug-likeness (QED) is 0.494. The van der Waals surface area contributed by atoms with Crippen molar-refractivity contribution in [2.45, 2.75) is 90.5 Å². The summed E-state index contributed by atoms with van der Waals surface area (Å²) in [6.45, 7) is 6.84. The summed E-state index contributed by atoms with van der Waals surface area (Å²) in [6, 6.07) is 8.08. The fourth-order valence-electron chi connectivity index (χ4n) is 4.02. The van der Waals surface area contributed by atoms with Gasteiger partial charge in [0.1, 0.15) is 11.3 Å². The Balaban J connectivity index is 1.83. The smallest absolute Gasteiger partial charge is 0.257 e. The van der Waals surface area contributed by atoms with Gasteiger partial charge in [-0.15, -0.1) is 0 Å². The number of aryl methyl sites for hydroxylation is 1. The predicted octanol–water partition coefficient (Wildman–Crippen LogP) is 4.55. The van der Waals surface area contributed by atoms with Crippen LogP contribution in [-0.4, -0.2) is 34.6 Å². The molecule has 0 saturated heterocycles. The van der Waals surface area contributed by atoms with Crippen LogP contribution < -0.4 is 5.73 Å². The number of aliphatic imine (C=N–C) groups is 1. The largest absolute Gasteiger partial charge is 0.369 e. The summed E-state index contributed by atoms with van der Waals surface area (Å²) in [4.78, 5) is 31.7. The molecule has 0 bridgehead atoms. The van der Waals surface area contributed by atoms with Crippen LogP contribution in [0.2, 0.25) is 0 Å². The molecule has 1 aromatic carbocycles. The summed E-state index contributed by atoms with van der Waals surface area (Å²) in [7, 11) is 0. The lowest BCUT2D eigenvalue weighted by Crippen LogP contribution is -2.44. The molecule has 0 aromatic heterocycles. The van der Waals surface area contributed by atoms with Crippen molar-refractivity contribution in [3.05, 3.63) is 35.4 Å². The van der Waals surface area contributed by atoms with Crippen LogP contribution in [0.3, 0.4) is 0 Å². The average molecular weight is 400 g/mol. The first-order chi connectivity index (χ1) is 13.9. The molecular weight excluding hydrogens is 362 g/mol. The van der Waals surface area contributed by atoms with Crippen molar-refractivity contribution >= 4 is 17.6 Å². The van der Waals surface area contributed by atoms with Crippen LogP contribution in [0.5, 0.6) is 0 Å². The van der Waals surface area contributed by atoms with Crippen molar-refractivity contribution in [1.29, 1.82) is 0 Å². The molecule has 0 aliphatic carbocycles. The van der Waals surface area contributed by atoms with Crippen LogP contribution in [0.15, 0.2) is 29.3 Å². The molecule has 29 heavy (non-hydrogen) atoms. The van der Waals surface area contributed by atoms with E-state index in [-0.39, 0.29) is 11.7 Å². The Morgan fingerprint density at radius 3 is 2.41 bits per heavy atom. The summed E-state index contributed by atoms with van der Waals surface area (Å²) < 4.78 is 0. The Kier molecular flexibility index (Phi) is 8.87. The van der Waals surface area contributed by atoms with Gasteiger partial charge in [-0.3, -0.25) is 14.5 Å². The van der Waals surface area contributed by atoms with E-state index in [1.807, 2.05) is 25.1 Å². The molecule has 160 valence electrons. The first kappa shape index (κ1) is 23.1. The van der Waals surface area contributed by atoms with Gasteiger partial charge in [0.25, 0.3) is 5.91 Å². The minimum absolute atomic E-state index is 0.0583. The molecule has 0 unspecified atom stereocenters. The lowest BCUT2D eigenvalue weighted by molar-refractivity contribution is -0.131. The molecule has 0 saturated carbocycles. The minimum Gasteiger partial charge on any atom is -0.369 e. The molecule has 1 heterocycles. The number of amides is 1. The molecular formula is C24H37N3O2. The van der Waals surface area contributed by atoms with Gasteiger partial charge in [0.05, 0.1) is 0 Å². The lowest BCUT2D eigenvalue weighted by atomic mass is 9.87. The van der Waals surface area contributed by atoms with Gasteiger partial charge >= 0.3 is 0 Å². The van der Waals surface area contributed by atoms with Crippen molar-refractivity contribution in [3.8, 4) is 0 Å². The fraction of sp³-hybridized carbons (Fsp3) is 0.625. The molecule has 0 spiro atoms. The zero-order chi connectivity index (χ0) is 21.3. The van der Waals surface area contributed by atoms with Gasteiger partial charge in [0.2, 0.25) is 0 Å². The summed E-state index contributed by atoms with van der Waals surface area (Å²) >= 11 is 0. The van der Waals surface area contributed by atoms with Crippen LogP contribution >= 0.6 is 0 Å². The highest BCUT2D eigenvalue weighted by Gasteiger charge is 2.46. The van der Waals surface area contributed by atoms with E-state index in [1.165, 1.54) is 5.56 Å². The van der Waals surface area contributed by atoms with Crippen LogP contribution in [0.4, 0.5) is 0 Å². The molecule has 1 aliphatic rings. The first-order valence-corrected chi connectivity index (χ1v) is 11.2. The number of benzene rings is 1. The highest BCUT2D eigenvalue weighted by atomic mass is 16.2. The van der Waals surface area contributed by atoms with Crippen molar-refractivity contribution < 1.29 is 9.59 Å². The van der Waals surface area contributed by atoms with E-state index in [4.69, 9.17) is 5.73 Å². The lowest BCUT2D eigenvalue weighted by Gasteiger charge is -2.26. The molecule has 1 aromatic rings. The van der Waals surface area contributed by atoms with Crippen molar-refractivity contribution in [3.63, 3.8) is 0 Å². The number of hydrogen-bond donors (Lipinski definition) is 1. The Morgan fingerprint density at radius 1 is 1.10 bits per heavy atom. The number of carbonyl (C=O) groups is 2. The van der Waals surface area contributed by atoms with E-state index in [2.05, 4.69) is 24.9 Å². The van der Waals surface area contributed by atoms with Crippen LogP contribution in [-0.2, 0) is 16.0 Å². The number of rotatable bonds is 13. The Labute approximate surface area is 175 Å². The summed E-state index contributed by atoms with van der Waals surface area (Å²) in [5.41, 5.74) is 7.72. The van der Waals surface area contributed by atoms with Crippen LogP contribution in [0.1, 0.15) is 82.8 Å². The number of carbonyl (C=O) groups excluding carboxylic acids is 2. The molecule has 1 aliphatic heterocycles. The normalized spacial score (nSPS) is 15.6. The predicted molar refractivity (Wildman–Crippen MR) is 119 cm³/mol. The third-order valence-electron chi connectivity index (χ3n) is 5.71. The van der Waals surface area contributed by atoms with Gasteiger partial charge in [-0.05, 0) is 38.2 Å². The second-order valence-corrected chi connectivity index (χ2v) is 8.33. The average Bonchev–Trinajstić information content (AvgIpc) is 2.92. The molecule has 0 fully saturated rings. The van der Waals surface area contributed by atoms with Gasteiger partial charge in [0.15, 0.2) is 5.96 Å². The second kappa shape index (κ2) is 11.1. The van der Waals surface area contributed by atoms with E-state index in [0.29, 0.717) is 25.3 Å². The van der Waals surface area contributed by atoms with Gasteiger partial charge in [0, 0.05) is 19.4 Å². The number of ketones is 1. The molecule has 1 amide bonds. The van der Waals surface area contributed by atoms with Crippen molar-refractivity contribution in [2.24, 2.45) is 10.7 Å². The monoisotopic (exact) mass is 399 g/mol. The standard InChI is InChI=1S/C24H37N3O2/c1-4-6-14-24(15-7-5-2)22(29)27(23(25)26-24)16-9-8-13-21(28)18-20-12-10-11-19(3)17-20/h10-12,17H,4-9,13-16,18H2,1-3H3,(H2,25,26). The first-order valence-electron chi connectivity index (χ1n) is 11.2. The van der Waals surface area contributed by atoms with Crippen molar-refractivity contribution in [1.82, 2.24) is 4.90 Å². The third kappa shape index (κ3) is 6.41. The maximum Gasteiger partial charge on any atom is 0.257 e. The molecule has 5 nitrogen and oxygen atoms in total. The van der Waals surface area contributed by atoms with Crippen LogP contribution in [0, 0.1) is 6.92 Å². The van der Waals surface area contributed by atoms with Crippen LogP contribution in [0.25, 0.3) is 0 Å². The zero-order valence-corrected chi connectivity index (χ0v) is 18.4. The summed E-state index contributed by atoms with van der Waals surface area (Å²) in [6.07, 6.45) is 8.12. The molecule has 2 rings (SSSR count). The third-order valence-corrected chi connectivity index (χ3v) is 5.71. The fourth-order valence-corrected chi connectivity index (χ4v) is 4.02. The van der Waals surface area contributed by atoms with E-state index >= 15 is 0 Å². The minimum atomic E-state index is -0.656. The van der Waals surface area contributed by atoms with E-state index in [0.717, 1.165) is 56.9 Å². The van der Waals surface area contributed by atoms with Gasteiger partial charge in [-0.1, -0.05) is 69.4 Å². The molecule has 5 heteroatoms. The maximum absolute atomic E-state index is 13.1. The number of unbranched alkanes of at least 4 members (excludes halogenated alkanes) is 3. The topological polar surface area (TPSA) is 75.8 Å².